The summed E-state index contributed by atoms with van der Waals surface area (Å²) < 4.78 is 0.478. The lowest BCUT2D eigenvalue weighted by molar-refractivity contribution is -0.394. The SMILES string of the molecule is N/N=C(/c1ccc([N+](=O)[O-])cc1[N+](=O)[O-])c1cc(Br)cc(Cl)c1O. The fraction of sp³-hybridized carbons (Fsp3) is 0. The minimum absolute atomic E-state index is 0.0231. The number of phenols is 1. The molecule has 2 aromatic rings. The van der Waals surface area contributed by atoms with Gasteiger partial charge in [0.05, 0.1) is 26.5 Å². The molecule has 124 valence electrons. The van der Waals surface area contributed by atoms with Crippen molar-refractivity contribution in [2.45, 2.75) is 0 Å². The Labute approximate surface area is 147 Å². The highest BCUT2D eigenvalue weighted by molar-refractivity contribution is 9.10. The predicted octanol–water partition coefficient (Wildman–Crippen LogP) is 3.34. The molecule has 0 saturated carbocycles. The topological polar surface area (TPSA) is 145 Å². The highest BCUT2D eigenvalue weighted by Gasteiger charge is 2.26. The zero-order valence-corrected chi connectivity index (χ0v) is 14.0. The van der Waals surface area contributed by atoms with Crippen LogP contribution < -0.4 is 5.84 Å². The summed E-state index contributed by atoms with van der Waals surface area (Å²) in [6.45, 7) is 0. The van der Waals surface area contributed by atoms with Crippen molar-refractivity contribution in [3.8, 4) is 5.75 Å². The molecule has 0 aliphatic heterocycles. The number of nitro benzene ring substituents is 2. The average molecular weight is 416 g/mol. The van der Waals surface area contributed by atoms with Gasteiger partial charge in [-0.05, 0) is 18.2 Å². The van der Waals surface area contributed by atoms with E-state index in [4.69, 9.17) is 17.4 Å². The molecule has 0 radical (unpaired) electrons. The Kier molecular flexibility index (Phi) is 5.00. The molecule has 24 heavy (non-hydrogen) atoms. The second-order valence-corrected chi connectivity index (χ2v) is 5.80. The van der Waals surface area contributed by atoms with Gasteiger partial charge in [-0.2, -0.15) is 5.10 Å². The lowest BCUT2D eigenvalue weighted by Gasteiger charge is -2.10. The number of nitrogens with zero attached hydrogens (tertiary/aromatic N) is 3. The van der Waals surface area contributed by atoms with Gasteiger partial charge in [-0.15, -0.1) is 0 Å². The molecule has 3 N–H and O–H groups in total. The van der Waals surface area contributed by atoms with Crippen molar-refractivity contribution >= 4 is 44.6 Å². The van der Waals surface area contributed by atoms with Crippen molar-refractivity contribution in [2.24, 2.45) is 10.9 Å². The maximum absolute atomic E-state index is 11.3. The molecule has 0 spiro atoms. The van der Waals surface area contributed by atoms with E-state index in [1.165, 1.54) is 12.1 Å². The first-order chi connectivity index (χ1) is 11.3. The van der Waals surface area contributed by atoms with Crippen LogP contribution in [0.3, 0.4) is 0 Å². The highest BCUT2D eigenvalue weighted by Crippen LogP contribution is 2.35. The number of benzene rings is 2. The molecule has 9 nitrogen and oxygen atoms in total. The Bertz CT molecular complexity index is 887. The zero-order valence-electron chi connectivity index (χ0n) is 11.6. The fourth-order valence-electron chi connectivity index (χ4n) is 2.02. The van der Waals surface area contributed by atoms with Gasteiger partial charge in [0.25, 0.3) is 11.4 Å². The van der Waals surface area contributed by atoms with Gasteiger partial charge in [-0.3, -0.25) is 20.2 Å². The van der Waals surface area contributed by atoms with Crippen LogP contribution in [0.15, 0.2) is 39.9 Å². The quantitative estimate of drug-likeness (QED) is 0.339. The van der Waals surface area contributed by atoms with Gasteiger partial charge in [0.15, 0.2) is 0 Å². The molecular weight excluding hydrogens is 408 g/mol. The Morgan fingerprint density at radius 3 is 2.38 bits per heavy atom. The molecule has 0 aromatic heterocycles. The number of nitro groups is 2. The Morgan fingerprint density at radius 1 is 1.17 bits per heavy atom. The molecule has 0 bridgehead atoms. The van der Waals surface area contributed by atoms with E-state index in [1.807, 2.05) is 0 Å². The minimum atomic E-state index is -0.801. The number of halogens is 2. The molecule has 0 aliphatic rings. The summed E-state index contributed by atoms with van der Waals surface area (Å²) in [5.74, 6) is 4.96. The predicted molar refractivity (Wildman–Crippen MR) is 90.4 cm³/mol. The van der Waals surface area contributed by atoms with Crippen LogP contribution in [0.4, 0.5) is 11.4 Å². The summed E-state index contributed by atoms with van der Waals surface area (Å²) in [4.78, 5) is 20.5. The molecule has 0 atom stereocenters. The van der Waals surface area contributed by atoms with Gasteiger partial charge in [0, 0.05) is 16.1 Å². The second kappa shape index (κ2) is 6.81. The largest absolute Gasteiger partial charge is 0.506 e. The summed E-state index contributed by atoms with van der Waals surface area (Å²) in [5, 5.41) is 35.6. The van der Waals surface area contributed by atoms with Gasteiger partial charge >= 0.3 is 0 Å². The summed E-state index contributed by atoms with van der Waals surface area (Å²) in [6, 6.07) is 5.83. The Balaban J connectivity index is 2.74. The standard InChI is InChI=1S/C13H8BrClN4O5/c14-6-3-9(13(20)10(15)4-6)12(17-16)8-2-1-7(18(21)22)5-11(8)19(23)24/h1-5,20H,16H2/b17-12-. The van der Waals surface area contributed by atoms with Crippen LogP contribution >= 0.6 is 27.5 Å². The summed E-state index contributed by atoms with van der Waals surface area (Å²) in [5.41, 5.74) is -1.24. The monoisotopic (exact) mass is 414 g/mol. The van der Waals surface area contributed by atoms with E-state index < -0.39 is 21.2 Å². The molecule has 0 heterocycles. The molecule has 2 rings (SSSR count). The van der Waals surface area contributed by atoms with Crippen LogP contribution in [0.25, 0.3) is 0 Å². The second-order valence-electron chi connectivity index (χ2n) is 4.48. The minimum Gasteiger partial charge on any atom is -0.506 e. The van der Waals surface area contributed by atoms with Crippen molar-refractivity contribution in [1.82, 2.24) is 0 Å². The van der Waals surface area contributed by atoms with Crippen LogP contribution in [-0.4, -0.2) is 20.7 Å². The lowest BCUT2D eigenvalue weighted by Crippen LogP contribution is -2.10. The van der Waals surface area contributed by atoms with Gasteiger partial charge in [0.2, 0.25) is 0 Å². The molecule has 0 saturated heterocycles. The van der Waals surface area contributed by atoms with E-state index in [9.17, 15) is 25.3 Å². The third-order valence-corrected chi connectivity index (χ3v) is 3.80. The maximum atomic E-state index is 11.3. The van der Waals surface area contributed by atoms with E-state index in [1.54, 1.807) is 0 Å². The molecule has 11 heteroatoms. The van der Waals surface area contributed by atoms with Crippen LogP contribution in [0.2, 0.25) is 5.02 Å². The number of hydrogen-bond acceptors (Lipinski definition) is 7. The van der Waals surface area contributed by atoms with E-state index in [2.05, 4.69) is 21.0 Å². The number of nitrogens with two attached hydrogens (primary N) is 1. The number of hydrazone groups is 1. The normalized spacial score (nSPS) is 11.3. The van der Waals surface area contributed by atoms with Crippen molar-refractivity contribution in [3.05, 3.63) is 71.2 Å². The third kappa shape index (κ3) is 3.29. The van der Waals surface area contributed by atoms with E-state index in [0.717, 1.165) is 18.2 Å². The number of hydrogen-bond donors (Lipinski definition) is 2. The number of phenolic OH excluding ortho intramolecular Hbond substituents is 1. The van der Waals surface area contributed by atoms with Crippen LogP contribution in [0, 0.1) is 20.2 Å². The van der Waals surface area contributed by atoms with Gasteiger partial charge < -0.3 is 10.9 Å². The Morgan fingerprint density at radius 2 is 1.83 bits per heavy atom. The number of non-ortho nitro benzene ring substituents is 1. The van der Waals surface area contributed by atoms with Gasteiger partial charge in [0.1, 0.15) is 11.5 Å². The highest BCUT2D eigenvalue weighted by atomic mass is 79.9. The van der Waals surface area contributed by atoms with E-state index in [-0.39, 0.29) is 27.6 Å². The van der Waals surface area contributed by atoms with E-state index in [0.29, 0.717) is 4.47 Å². The molecule has 0 unspecified atom stereocenters. The first-order valence-electron chi connectivity index (χ1n) is 6.15. The first-order valence-corrected chi connectivity index (χ1v) is 7.32. The van der Waals surface area contributed by atoms with Crippen molar-refractivity contribution in [3.63, 3.8) is 0 Å². The van der Waals surface area contributed by atoms with Crippen molar-refractivity contribution < 1.29 is 15.0 Å². The summed E-state index contributed by atoms with van der Waals surface area (Å²) in [7, 11) is 0. The molecule has 0 amide bonds. The van der Waals surface area contributed by atoms with Crippen LogP contribution in [0.1, 0.15) is 11.1 Å². The smallest absolute Gasteiger partial charge is 0.285 e. The number of aromatic hydroxyl groups is 1. The fourth-order valence-corrected chi connectivity index (χ4v) is 2.82. The van der Waals surface area contributed by atoms with E-state index >= 15 is 0 Å². The van der Waals surface area contributed by atoms with Crippen LogP contribution in [-0.2, 0) is 0 Å². The average Bonchev–Trinajstić information content (AvgIpc) is 2.52. The molecule has 0 aliphatic carbocycles. The molecule has 0 fully saturated rings. The van der Waals surface area contributed by atoms with Crippen LogP contribution in [0.5, 0.6) is 5.75 Å². The number of rotatable bonds is 4. The maximum Gasteiger partial charge on any atom is 0.285 e. The molecule has 2 aromatic carbocycles. The zero-order chi connectivity index (χ0) is 18.0. The summed E-state index contributed by atoms with van der Waals surface area (Å²) >= 11 is 9.06. The first kappa shape index (κ1) is 17.6. The van der Waals surface area contributed by atoms with Crippen molar-refractivity contribution in [1.29, 1.82) is 0 Å². The van der Waals surface area contributed by atoms with Crippen molar-refractivity contribution in [2.75, 3.05) is 0 Å². The Hall–Kier alpha value is -2.72. The lowest BCUT2D eigenvalue weighted by atomic mass is 9.99. The van der Waals surface area contributed by atoms with Gasteiger partial charge in [-0.1, -0.05) is 27.5 Å². The summed E-state index contributed by atoms with van der Waals surface area (Å²) in [6.07, 6.45) is 0. The third-order valence-electron chi connectivity index (χ3n) is 3.06. The molecular formula is C13H8BrClN4O5. The van der Waals surface area contributed by atoms with Gasteiger partial charge in [-0.25, -0.2) is 0 Å².